The maximum Gasteiger partial charge on any atom is 0.330 e. The SMILES string of the molecule is O=C(CCC(=O)OC(O)[C@H]1O[C@@H](n2cc(/C=C/Br)c(=O)[nH]c2=O)C[C@@H]1O)OC(O)[C@H]1O[C@@H](n2cc(/C=C/Br)c(=O)[nH]c2=O)C[C@@H]1O. The van der Waals surface area contributed by atoms with E-state index in [0.717, 1.165) is 9.13 Å². The maximum atomic E-state index is 12.3. The molecular weight excluding hydrogens is 752 g/mol. The van der Waals surface area contributed by atoms with Gasteiger partial charge in [-0.1, -0.05) is 31.9 Å². The Balaban J connectivity index is 1.27. The minimum Gasteiger partial charge on any atom is -0.433 e. The number of aliphatic hydroxyl groups excluding tert-OH is 4. The highest BCUT2D eigenvalue weighted by atomic mass is 79.9. The summed E-state index contributed by atoms with van der Waals surface area (Å²) in [6, 6.07) is 0. The zero-order valence-corrected chi connectivity index (χ0v) is 26.6. The molecule has 2 unspecified atom stereocenters. The van der Waals surface area contributed by atoms with Gasteiger partial charge in [0.15, 0.2) is 0 Å². The van der Waals surface area contributed by atoms with Crippen molar-refractivity contribution >= 4 is 56.0 Å². The van der Waals surface area contributed by atoms with Gasteiger partial charge in [-0.05, 0) is 22.1 Å². The Bertz CT molecular complexity index is 1610. The topological polar surface area (TPSA) is 262 Å². The Morgan fingerprint density at radius 1 is 0.804 bits per heavy atom. The number of nitrogens with zero attached hydrogens (tertiary/aromatic N) is 2. The van der Waals surface area contributed by atoms with Crippen LogP contribution >= 0.6 is 31.9 Å². The standard InChI is InChI=1S/C26H28Br2N4O14/c27-5-3-11-9-31(25(41)29-21(11)37)15-7-13(33)19(43-15)23(39)45-17(35)1-2-18(36)46-24(40)20-14(34)8-16(44-20)32-10-12(4-6-28)22(38)30-26(32)42/h3-6,9-10,13-16,19-20,23-24,33-34,39-40H,1-2,7-8H2,(H,29,37,41)(H,30,38,42)/b5-3+,6-4+/t13-,14-,15+,16+,19-,20-,23?,24?/m0/s1. The van der Waals surface area contributed by atoms with Gasteiger partial charge in [0.25, 0.3) is 11.1 Å². The summed E-state index contributed by atoms with van der Waals surface area (Å²) >= 11 is 6.05. The molecule has 2 aromatic heterocycles. The summed E-state index contributed by atoms with van der Waals surface area (Å²) in [5, 5.41) is 41.4. The van der Waals surface area contributed by atoms with Crippen LogP contribution in [0.1, 0.15) is 49.3 Å². The van der Waals surface area contributed by atoms with Crippen molar-refractivity contribution in [1.82, 2.24) is 19.1 Å². The Hall–Kier alpha value is -3.50. The molecule has 0 radical (unpaired) electrons. The molecule has 250 valence electrons. The third-order valence-electron chi connectivity index (χ3n) is 6.97. The average Bonchev–Trinajstić information content (AvgIpc) is 3.57. The predicted molar refractivity (Wildman–Crippen MR) is 161 cm³/mol. The fraction of sp³-hybridized carbons (Fsp3) is 0.462. The second kappa shape index (κ2) is 15.4. The van der Waals surface area contributed by atoms with Gasteiger partial charge >= 0.3 is 23.3 Å². The minimum atomic E-state index is -2.00. The van der Waals surface area contributed by atoms with Gasteiger partial charge in [0.05, 0.1) is 36.2 Å². The van der Waals surface area contributed by atoms with E-state index >= 15 is 0 Å². The molecule has 18 nitrogen and oxygen atoms in total. The quantitative estimate of drug-likeness (QED) is 0.114. The Morgan fingerprint density at radius 2 is 1.17 bits per heavy atom. The van der Waals surface area contributed by atoms with Gasteiger partial charge in [-0.3, -0.25) is 38.3 Å². The van der Waals surface area contributed by atoms with E-state index in [4.69, 9.17) is 18.9 Å². The third-order valence-corrected chi connectivity index (χ3v) is 7.50. The van der Waals surface area contributed by atoms with Gasteiger partial charge in [-0.15, -0.1) is 0 Å². The van der Waals surface area contributed by atoms with Crippen LogP contribution < -0.4 is 22.5 Å². The van der Waals surface area contributed by atoms with E-state index in [9.17, 15) is 49.2 Å². The first-order valence-electron chi connectivity index (χ1n) is 13.5. The zero-order chi connectivity index (χ0) is 33.7. The van der Waals surface area contributed by atoms with Crippen LogP contribution in [0.25, 0.3) is 12.2 Å². The van der Waals surface area contributed by atoms with Crippen LogP contribution in [0.2, 0.25) is 0 Å². The molecule has 0 aliphatic carbocycles. The predicted octanol–water partition coefficient (Wildman–Crippen LogP) is -1.38. The molecule has 4 rings (SSSR count). The number of esters is 2. The Labute approximate surface area is 273 Å². The van der Waals surface area contributed by atoms with Crippen molar-refractivity contribution in [3.05, 3.63) is 75.2 Å². The molecule has 4 heterocycles. The molecule has 0 amide bonds. The number of carbonyl (C=O) groups excluding carboxylic acids is 2. The first-order chi connectivity index (χ1) is 21.8. The highest BCUT2D eigenvalue weighted by molar-refractivity contribution is 9.11. The highest BCUT2D eigenvalue weighted by Gasteiger charge is 2.43. The number of nitrogens with one attached hydrogen (secondary N) is 2. The number of rotatable bonds is 11. The van der Waals surface area contributed by atoms with Gasteiger partial charge in [-0.25, -0.2) is 9.59 Å². The average molecular weight is 780 g/mol. The van der Waals surface area contributed by atoms with Gasteiger partial charge in [0, 0.05) is 25.2 Å². The third kappa shape index (κ3) is 8.25. The molecule has 2 aliphatic rings. The fourth-order valence-electron chi connectivity index (χ4n) is 4.74. The molecule has 0 spiro atoms. The Morgan fingerprint density at radius 3 is 1.52 bits per heavy atom. The largest absolute Gasteiger partial charge is 0.433 e. The molecule has 20 heteroatoms. The van der Waals surface area contributed by atoms with E-state index in [1.54, 1.807) is 0 Å². The smallest absolute Gasteiger partial charge is 0.330 e. The van der Waals surface area contributed by atoms with Crippen molar-refractivity contribution in [2.45, 2.75) is 75.1 Å². The zero-order valence-electron chi connectivity index (χ0n) is 23.4. The van der Waals surface area contributed by atoms with Crippen LogP contribution in [0, 0.1) is 0 Å². The van der Waals surface area contributed by atoms with Crippen molar-refractivity contribution in [3.63, 3.8) is 0 Å². The van der Waals surface area contributed by atoms with Crippen LogP contribution in [0.4, 0.5) is 0 Å². The lowest BCUT2D eigenvalue weighted by atomic mass is 10.1. The Kier molecular flexibility index (Phi) is 11.8. The second-order valence-electron chi connectivity index (χ2n) is 10.1. The summed E-state index contributed by atoms with van der Waals surface area (Å²) in [5.41, 5.74) is -2.81. The number of carbonyl (C=O) groups is 2. The molecule has 2 aliphatic heterocycles. The molecule has 0 bridgehead atoms. The molecule has 0 aromatic carbocycles. The number of aromatic nitrogens is 4. The lowest BCUT2D eigenvalue weighted by molar-refractivity contribution is -0.208. The molecule has 2 aromatic rings. The van der Waals surface area contributed by atoms with E-state index < -0.39 is 96.7 Å². The molecule has 2 saturated heterocycles. The van der Waals surface area contributed by atoms with Crippen LogP contribution in [0.5, 0.6) is 0 Å². The van der Waals surface area contributed by atoms with Gasteiger partial charge in [0.2, 0.25) is 12.6 Å². The van der Waals surface area contributed by atoms with Gasteiger partial charge < -0.3 is 39.4 Å². The van der Waals surface area contributed by atoms with Crippen molar-refractivity contribution in [1.29, 1.82) is 0 Å². The van der Waals surface area contributed by atoms with Crippen LogP contribution in [-0.4, -0.2) is 88.5 Å². The molecule has 46 heavy (non-hydrogen) atoms. The lowest BCUT2D eigenvalue weighted by Crippen LogP contribution is -2.39. The van der Waals surface area contributed by atoms with Crippen molar-refractivity contribution < 1.29 is 49.0 Å². The van der Waals surface area contributed by atoms with Crippen LogP contribution in [0.15, 0.2) is 41.5 Å². The number of ether oxygens (including phenoxy) is 4. The molecule has 2 fully saturated rings. The lowest BCUT2D eigenvalue weighted by Gasteiger charge is -2.22. The van der Waals surface area contributed by atoms with E-state index in [2.05, 4.69) is 41.8 Å². The minimum absolute atomic E-state index is 0.0946. The number of aromatic amines is 2. The summed E-state index contributed by atoms with van der Waals surface area (Å²) in [7, 11) is 0. The number of hydrogen-bond donors (Lipinski definition) is 6. The van der Waals surface area contributed by atoms with E-state index in [0.29, 0.717) is 0 Å². The highest BCUT2D eigenvalue weighted by Crippen LogP contribution is 2.31. The van der Waals surface area contributed by atoms with Gasteiger partial charge in [-0.2, -0.15) is 0 Å². The molecule has 8 atom stereocenters. The second-order valence-corrected chi connectivity index (χ2v) is 11.1. The fourth-order valence-corrected chi connectivity index (χ4v) is 5.31. The number of hydrogen-bond acceptors (Lipinski definition) is 14. The van der Waals surface area contributed by atoms with Crippen LogP contribution in [-0.2, 0) is 28.5 Å². The number of halogens is 2. The number of H-pyrrole nitrogens is 2. The first kappa shape index (κ1) is 35.4. The van der Waals surface area contributed by atoms with E-state index in [1.165, 1.54) is 34.5 Å². The summed E-state index contributed by atoms with van der Waals surface area (Å²) in [6.07, 6.45) is -8.54. The maximum absolute atomic E-state index is 12.3. The molecule has 0 saturated carbocycles. The van der Waals surface area contributed by atoms with Gasteiger partial charge in [0.1, 0.15) is 24.7 Å². The van der Waals surface area contributed by atoms with Crippen LogP contribution in [0.3, 0.4) is 0 Å². The van der Waals surface area contributed by atoms with Crippen molar-refractivity contribution in [2.24, 2.45) is 0 Å². The summed E-state index contributed by atoms with van der Waals surface area (Å²) < 4.78 is 22.7. The monoisotopic (exact) mass is 778 g/mol. The summed E-state index contributed by atoms with van der Waals surface area (Å²) in [5.74, 6) is -2.21. The van der Waals surface area contributed by atoms with Crippen molar-refractivity contribution in [2.75, 3.05) is 0 Å². The summed E-state index contributed by atoms with van der Waals surface area (Å²) in [4.78, 5) is 79.9. The molecular formula is C26H28Br2N4O14. The number of aliphatic hydroxyl groups is 4. The molecule has 6 N–H and O–H groups in total. The van der Waals surface area contributed by atoms with Crippen molar-refractivity contribution in [3.8, 4) is 0 Å². The summed E-state index contributed by atoms with van der Waals surface area (Å²) in [6.45, 7) is 0. The van der Waals surface area contributed by atoms with E-state index in [1.807, 2.05) is 0 Å². The first-order valence-corrected chi connectivity index (χ1v) is 15.3. The normalized spacial score (nSPS) is 26.0. The van der Waals surface area contributed by atoms with E-state index in [-0.39, 0.29) is 24.0 Å².